The lowest BCUT2D eigenvalue weighted by Crippen LogP contribution is -2.24. The van der Waals surface area contributed by atoms with Gasteiger partial charge in [0.1, 0.15) is 5.52 Å². The number of aromatic nitrogens is 3. The first kappa shape index (κ1) is 15.3. The van der Waals surface area contributed by atoms with Crippen LogP contribution < -0.4 is 0 Å². The summed E-state index contributed by atoms with van der Waals surface area (Å²) in [4.78, 5) is 0. The minimum Gasteiger partial charge on any atom is -0.373 e. The highest BCUT2D eigenvalue weighted by molar-refractivity contribution is 5.73. The van der Waals surface area contributed by atoms with E-state index in [4.69, 9.17) is 9.47 Å². The third-order valence-corrected chi connectivity index (χ3v) is 4.59. The maximum Gasteiger partial charge on any atom is 0.158 e. The van der Waals surface area contributed by atoms with E-state index in [-0.39, 0.29) is 18.2 Å². The standard InChI is InChI=1S/C19H21N3O2/c1-2-23-18(14-8-4-3-5-9-14)15-12-13-24-19(15)22-17-11-7-6-10-16(17)20-21-22/h3-11,15,18-19H,2,12-13H2,1H3/t15-,18+,19-/m1/s1. The molecule has 2 aromatic carbocycles. The lowest BCUT2D eigenvalue weighted by Gasteiger charge is -2.28. The van der Waals surface area contributed by atoms with E-state index in [2.05, 4.69) is 34.6 Å². The van der Waals surface area contributed by atoms with Crippen molar-refractivity contribution in [1.29, 1.82) is 0 Å². The van der Waals surface area contributed by atoms with E-state index in [1.54, 1.807) is 0 Å². The van der Waals surface area contributed by atoms with Crippen molar-refractivity contribution in [2.75, 3.05) is 13.2 Å². The minimum absolute atomic E-state index is 0.00772. The first-order valence-electron chi connectivity index (χ1n) is 8.46. The van der Waals surface area contributed by atoms with Gasteiger partial charge in [0.2, 0.25) is 0 Å². The smallest absolute Gasteiger partial charge is 0.158 e. The van der Waals surface area contributed by atoms with Gasteiger partial charge in [-0.2, -0.15) is 0 Å². The molecule has 0 aliphatic carbocycles. The van der Waals surface area contributed by atoms with Crippen LogP contribution in [0.5, 0.6) is 0 Å². The second-order valence-corrected chi connectivity index (χ2v) is 6.02. The molecule has 2 heterocycles. The van der Waals surface area contributed by atoms with Gasteiger partial charge in [-0.1, -0.05) is 47.7 Å². The SMILES string of the molecule is CCO[C@@H](c1ccccc1)[C@H]1CCO[C@H]1n1nnc2ccccc21. The van der Waals surface area contributed by atoms with Crippen LogP contribution in [-0.4, -0.2) is 28.2 Å². The summed E-state index contributed by atoms with van der Waals surface area (Å²) in [5, 5.41) is 8.62. The molecule has 0 radical (unpaired) electrons. The molecule has 1 aliphatic rings. The monoisotopic (exact) mass is 323 g/mol. The maximum absolute atomic E-state index is 6.11. The van der Waals surface area contributed by atoms with Crippen LogP contribution in [0.3, 0.4) is 0 Å². The molecule has 4 rings (SSSR count). The van der Waals surface area contributed by atoms with Gasteiger partial charge in [-0.3, -0.25) is 0 Å². The fraction of sp³-hybridized carbons (Fsp3) is 0.368. The number of para-hydroxylation sites is 1. The number of rotatable bonds is 5. The molecule has 0 bridgehead atoms. The van der Waals surface area contributed by atoms with Crippen LogP contribution in [0.15, 0.2) is 54.6 Å². The molecule has 3 atom stereocenters. The van der Waals surface area contributed by atoms with Crippen molar-refractivity contribution in [2.24, 2.45) is 5.92 Å². The summed E-state index contributed by atoms with van der Waals surface area (Å²) >= 11 is 0. The average molecular weight is 323 g/mol. The number of fused-ring (bicyclic) bond motifs is 1. The zero-order valence-electron chi connectivity index (χ0n) is 13.7. The van der Waals surface area contributed by atoms with Gasteiger partial charge in [0.25, 0.3) is 0 Å². The topological polar surface area (TPSA) is 49.2 Å². The van der Waals surface area contributed by atoms with Crippen molar-refractivity contribution >= 4 is 11.0 Å². The number of hydrogen-bond donors (Lipinski definition) is 0. The summed E-state index contributed by atoms with van der Waals surface area (Å²) in [6.07, 6.45) is 0.777. The number of hydrogen-bond acceptors (Lipinski definition) is 4. The predicted molar refractivity (Wildman–Crippen MR) is 91.4 cm³/mol. The molecule has 1 aromatic heterocycles. The summed E-state index contributed by atoms with van der Waals surface area (Å²) < 4.78 is 14.1. The molecule has 0 saturated carbocycles. The molecule has 1 fully saturated rings. The Morgan fingerprint density at radius 2 is 1.96 bits per heavy atom. The molecule has 1 saturated heterocycles. The van der Waals surface area contributed by atoms with Crippen molar-refractivity contribution in [2.45, 2.75) is 25.7 Å². The highest BCUT2D eigenvalue weighted by Crippen LogP contribution is 2.41. The van der Waals surface area contributed by atoms with Gasteiger partial charge in [0, 0.05) is 19.1 Å². The van der Waals surface area contributed by atoms with E-state index >= 15 is 0 Å². The van der Waals surface area contributed by atoms with Gasteiger partial charge in [-0.15, -0.1) is 5.10 Å². The summed E-state index contributed by atoms with van der Waals surface area (Å²) in [5.41, 5.74) is 3.07. The molecule has 24 heavy (non-hydrogen) atoms. The van der Waals surface area contributed by atoms with E-state index in [0.717, 1.165) is 17.5 Å². The van der Waals surface area contributed by atoms with Gasteiger partial charge >= 0.3 is 0 Å². The average Bonchev–Trinajstić information content (AvgIpc) is 3.27. The van der Waals surface area contributed by atoms with Gasteiger partial charge in [-0.05, 0) is 31.0 Å². The second-order valence-electron chi connectivity index (χ2n) is 6.02. The first-order chi connectivity index (χ1) is 11.9. The normalized spacial score (nSPS) is 22.0. The Balaban J connectivity index is 1.71. The Labute approximate surface area is 141 Å². The second kappa shape index (κ2) is 6.71. The molecule has 1 aliphatic heterocycles. The number of benzene rings is 2. The Morgan fingerprint density at radius 3 is 2.79 bits per heavy atom. The van der Waals surface area contributed by atoms with Gasteiger partial charge < -0.3 is 9.47 Å². The molecule has 0 N–H and O–H groups in total. The van der Waals surface area contributed by atoms with Crippen molar-refractivity contribution in [1.82, 2.24) is 15.0 Å². The highest BCUT2D eigenvalue weighted by atomic mass is 16.5. The van der Waals surface area contributed by atoms with Crippen LogP contribution in [0.4, 0.5) is 0 Å². The van der Waals surface area contributed by atoms with E-state index in [0.29, 0.717) is 13.2 Å². The molecule has 0 amide bonds. The van der Waals surface area contributed by atoms with Crippen molar-refractivity contribution in [3.63, 3.8) is 0 Å². The molecular weight excluding hydrogens is 302 g/mol. The fourth-order valence-corrected chi connectivity index (χ4v) is 3.51. The molecule has 5 heteroatoms. The lowest BCUT2D eigenvalue weighted by molar-refractivity contribution is -0.0469. The minimum atomic E-state index is -0.158. The fourth-order valence-electron chi connectivity index (χ4n) is 3.51. The van der Waals surface area contributed by atoms with E-state index < -0.39 is 0 Å². The molecule has 0 unspecified atom stereocenters. The molecule has 3 aromatic rings. The summed E-state index contributed by atoms with van der Waals surface area (Å²) in [7, 11) is 0. The quantitative estimate of drug-likeness (QED) is 0.717. The largest absolute Gasteiger partial charge is 0.373 e. The zero-order valence-corrected chi connectivity index (χ0v) is 13.7. The first-order valence-corrected chi connectivity index (χ1v) is 8.46. The maximum atomic E-state index is 6.11. The molecule has 5 nitrogen and oxygen atoms in total. The van der Waals surface area contributed by atoms with Gasteiger partial charge in [0.15, 0.2) is 6.23 Å². The van der Waals surface area contributed by atoms with E-state index in [1.807, 2.05) is 41.9 Å². The lowest BCUT2D eigenvalue weighted by atomic mass is 9.92. The third kappa shape index (κ3) is 2.70. The van der Waals surface area contributed by atoms with Crippen LogP contribution >= 0.6 is 0 Å². The molecular formula is C19H21N3O2. The summed E-state index contributed by atoms with van der Waals surface area (Å²) in [6.45, 7) is 3.41. The Kier molecular flexibility index (Phi) is 4.28. The summed E-state index contributed by atoms with van der Waals surface area (Å²) in [6, 6.07) is 18.4. The number of ether oxygens (including phenoxy) is 2. The Hall–Kier alpha value is -2.24. The third-order valence-electron chi connectivity index (χ3n) is 4.59. The molecule has 0 spiro atoms. The van der Waals surface area contributed by atoms with Crippen LogP contribution in [0.25, 0.3) is 11.0 Å². The summed E-state index contributed by atoms with van der Waals surface area (Å²) in [5.74, 6) is 0.206. The van der Waals surface area contributed by atoms with E-state index in [9.17, 15) is 0 Å². The van der Waals surface area contributed by atoms with Gasteiger partial charge in [-0.25, -0.2) is 4.68 Å². The zero-order chi connectivity index (χ0) is 16.4. The predicted octanol–water partition coefficient (Wildman–Crippen LogP) is 3.74. The number of nitrogens with zero attached hydrogens (tertiary/aromatic N) is 3. The Bertz CT molecular complexity index is 802. The highest BCUT2D eigenvalue weighted by Gasteiger charge is 2.38. The van der Waals surface area contributed by atoms with Crippen LogP contribution in [-0.2, 0) is 9.47 Å². The molecule has 124 valence electrons. The van der Waals surface area contributed by atoms with Crippen LogP contribution in [0, 0.1) is 5.92 Å². The van der Waals surface area contributed by atoms with Crippen LogP contribution in [0.2, 0.25) is 0 Å². The van der Waals surface area contributed by atoms with E-state index in [1.165, 1.54) is 5.56 Å². The van der Waals surface area contributed by atoms with Crippen LogP contribution in [0.1, 0.15) is 31.2 Å². The van der Waals surface area contributed by atoms with Gasteiger partial charge in [0.05, 0.1) is 11.6 Å². The van der Waals surface area contributed by atoms with Crippen molar-refractivity contribution in [3.05, 3.63) is 60.2 Å². The Morgan fingerprint density at radius 1 is 1.17 bits per heavy atom. The van der Waals surface area contributed by atoms with Crippen molar-refractivity contribution < 1.29 is 9.47 Å². The van der Waals surface area contributed by atoms with Crippen molar-refractivity contribution in [3.8, 4) is 0 Å².